The SMILES string of the molecule is COCCN1C(=S)N[C@H](c2ccccn2)[C@H]1c1cc(C)n(-c2ccc3c(c2)OCO3)c1C. The summed E-state index contributed by atoms with van der Waals surface area (Å²) in [6, 6.07) is 14.2. The molecule has 0 saturated carbocycles. The quantitative estimate of drug-likeness (QED) is 0.573. The number of nitrogens with zero attached hydrogens (tertiary/aromatic N) is 3. The number of aryl methyl sites for hydroxylation is 1. The standard InChI is InChI=1S/C24H26N4O3S/c1-15-12-18(16(2)28(15)17-7-8-20-21(13-17)31-14-30-20)23-22(19-6-4-5-9-25-19)26-24(32)27(23)10-11-29-3/h4-9,12-13,22-23H,10-11,14H2,1-3H3,(H,26,32)/t22-,23-/m1/s1. The second kappa shape index (κ2) is 8.44. The van der Waals surface area contributed by atoms with Gasteiger partial charge in [-0.05, 0) is 62.0 Å². The zero-order valence-electron chi connectivity index (χ0n) is 18.4. The number of benzene rings is 1. The number of thiocarbonyl (C=S) groups is 1. The van der Waals surface area contributed by atoms with E-state index >= 15 is 0 Å². The summed E-state index contributed by atoms with van der Waals surface area (Å²) in [6.07, 6.45) is 1.82. The Bertz CT molecular complexity index is 1150. The third-order valence-electron chi connectivity index (χ3n) is 6.14. The highest BCUT2D eigenvalue weighted by atomic mass is 32.1. The van der Waals surface area contributed by atoms with Crippen LogP contribution in [0.4, 0.5) is 0 Å². The largest absolute Gasteiger partial charge is 0.454 e. The monoisotopic (exact) mass is 450 g/mol. The van der Waals surface area contributed by atoms with E-state index in [-0.39, 0.29) is 18.9 Å². The van der Waals surface area contributed by atoms with Gasteiger partial charge in [0, 0.05) is 43.0 Å². The zero-order valence-corrected chi connectivity index (χ0v) is 19.2. The van der Waals surface area contributed by atoms with Crippen LogP contribution in [0.25, 0.3) is 5.69 Å². The Morgan fingerprint density at radius 3 is 2.78 bits per heavy atom. The van der Waals surface area contributed by atoms with Crippen LogP contribution in [0.3, 0.4) is 0 Å². The minimum Gasteiger partial charge on any atom is -0.454 e. The van der Waals surface area contributed by atoms with Crippen LogP contribution in [0.2, 0.25) is 0 Å². The summed E-state index contributed by atoms with van der Waals surface area (Å²) >= 11 is 5.73. The van der Waals surface area contributed by atoms with Crippen molar-refractivity contribution >= 4 is 17.3 Å². The molecule has 0 bridgehead atoms. The van der Waals surface area contributed by atoms with Crippen LogP contribution < -0.4 is 14.8 Å². The third kappa shape index (κ3) is 3.49. The molecule has 2 atom stereocenters. The van der Waals surface area contributed by atoms with Crippen molar-refractivity contribution in [2.45, 2.75) is 25.9 Å². The molecule has 7 nitrogen and oxygen atoms in total. The highest BCUT2D eigenvalue weighted by Gasteiger charge is 2.41. The smallest absolute Gasteiger partial charge is 0.231 e. The van der Waals surface area contributed by atoms with Crippen LogP contribution in [0.15, 0.2) is 48.7 Å². The molecular formula is C24H26N4O3S. The first-order valence-corrected chi connectivity index (χ1v) is 11.0. The molecule has 1 N–H and O–H groups in total. The van der Waals surface area contributed by atoms with Gasteiger partial charge in [-0.15, -0.1) is 0 Å². The predicted octanol–water partition coefficient (Wildman–Crippen LogP) is 3.84. The number of fused-ring (bicyclic) bond motifs is 1. The molecule has 1 fully saturated rings. The van der Waals surface area contributed by atoms with Crippen molar-refractivity contribution < 1.29 is 14.2 Å². The van der Waals surface area contributed by atoms with E-state index in [2.05, 4.69) is 45.7 Å². The molecule has 0 unspecified atom stereocenters. The lowest BCUT2D eigenvalue weighted by Crippen LogP contribution is -2.32. The molecule has 8 heteroatoms. The van der Waals surface area contributed by atoms with Crippen LogP contribution in [0, 0.1) is 13.8 Å². The van der Waals surface area contributed by atoms with Gasteiger partial charge in [0.1, 0.15) is 0 Å². The van der Waals surface area contributed by atoms with Gasteiger partial charge in [0.05, 0.1) is 24.4 Å². The lowest BCUT2D eigenvalue weighted by molar-refractivity contribution is 0.164. The number of hydrogen-bond donors (Lipinski definition) is 1. The number of pyridine rings is 1. The number of rotatable bonds is 6. The molecule has 0 spiro atoms. The maximum absolute atomic E-state index is 5.73. The number of hydrogen-bond acceptors (Lipinski definition) is 5. The summed E-state index contributed by atoms with van der Waals surface area (Å²) in [5.74, 6) is 1.55. The van der Waals surface area contributed by atoms with E-state index in [4.69, 9.17) is 26.4 Å². The summed E-state index contributed by atoms with van der Waals surface area (Å²) < 4.78 is 18.7. The molecule has 0 amide bonds. The van der Waals surface area contributed by atoms with E-state index in [1.807, 2.05) is 36.5 Å². The summed E-state index contributed by atoms with van der Waals surface area (Å²) in [5.41, 5.74) is 5.51. The van der Waals surface area contributed by atoms with Crippen LogP contribution >= 0.6 is 12.2 Å². The van der Waals surface area contributed by atoms with Crippen molar-refractivity contribution in [3.05, 3.63) is 71.3 Å². The molecule has 32 heavy (non-hydrogen) atoms. The van der Waals surface area contributed by atoms with Gasteiger partial charge in [0.2, 0.25) is 6.79 Å². The summed E-state index contributed by atoms with van der Waals surface area (Å²) in [6.45, 7) is 5.83. The van der Waals surface area contributed by atoms with Gasteiger partial charge in [-0.1, -0.05) is 6.07 Å². The summed E-state index contributed by atoms with van der Waals surface area (Å²) in [7, 11) is 1.71. The molecule has 166 valence electrons. The van der Waals surface area contributed by atoms with Gasteiger partial charge >= 0.3 is 0 Å². The normalized spacial score (nSPS) is 19.5. The van der Waals surface area contributed by atoms with Gasteiger partial charge in [0.25, 0.3) is 0 Å². The lowest BCUT2D eigenvalue weighted by Gasteiger charge is -2.28. The molecule has 3 aromatic rings. The number of ether oxygens (including phenoxy) is 3. The Balaban J connectivity index is 1.59. The molecule has 5 rings (SSSR count). The Morgan fingerprint density at radius 2 is 2.00 bits per heavy atom. The van der Waals surface area contributed by atoms with Crippen LogP contribution in [0.1, 0.15) is 34.7 Å². The molecule has 2 aromatic heterocycles. The Hall–Kier alpha value is -3.10. The van der Waals surface area contributed by atoms with Crippen molar-refractivity contribution in [2.75, 3.05) is 27.1 Å². The second-order valence-electron chi connectivity index (χ2n) is 8.01. The van der Waals surface area contributed by atoms with Crippen molar-refractivity contribution in [1.82, 2.24) is 19.8 Å². The summed E-state index contributed by atoms with van der Waals surface area (Å²) in [5, 5.41) is 4.22. The Morgan fingerprint density at radius 1 is 1.16 bits per heavy atom. The highest BCUT2D eigenvalue weighted by molar-refractivity contribution is 7.80. The fraction of sp³-hybridized carbons (Fsp3) is 0.333. The first kappa shape index (κ1) is 20.8. The van der Waals surface area contributed by atoms with Crippen molar-refractivity contribution in [1.29, 1.82) is 0 Å². The Labute approximate surface area is 192 Å². The van der Waals surface area contributed by atoms with Crippen LogP contribution in [0.5, 0.6) is 11.5 Å². The maximum Gasteiger partial charge on any atom is 0.231 e. The first-order chi connectivity index (χ1) is 15.6. The minimum absolute atomic E-state index is 0.00140. The van der Waals surface area contributed by atoms with E-state index in [1.165, 1.54) is 5.56 Å². The van der Waals surface area contributed by atoms with E-state index in [0.29, 0.717) is 13.2 Å². The molecule has 4 heterocycles. The van der Waals surface area contributed by atoms with Gasteiger partial charge in [-0.3, -0.25) is 4.98 Å². The minimum atomic E-state index is -0.0498. The topological polar surface area (TPSA) is 60.8 Å². The molecular weight excluding hydrogens is 424 g/mol. The van der Waals surface area contributed by atoms with Crippen molar-refractivity contribution in [3.8, 4) is 17.2 Å². The Kier molecular flexibility index (Phi) is 5.48. The zero-order chi connectivity index (χ0) is 22.2. The highest BCUT2D eigenvalue weighted by Crippen LogP contribution is 2.42. The third-order valence-corrected chi connectivity index (χ3v) is 6.49. The number of methoxy groups -OCH3 is 1. The molecule has 0 radical (unpaired) electrons. The second-order valence-corrected chi connectivity index (χ2v) is 8.40. The van der Waals surface area contributed by atoms with Gasteiger partial charge in [-0.25, -0.2) is 0 Å². The molecule has 1 saturated heterocycles. The van der Waals surface area contributed by atoms with E-state index in [1.54, 1.807) is 7.11 Å². The molecule has 2 aliphatic rings. The average Bonchev–Trinajstić information content (AvgIpc) is 3.48. The van der Waals surface area contributed by atoms with E-state index in [9.17, 15) is 0 Å². The van der Waals surface area contributed by atoms with Gasteiger partial charge < -0.3 is 29.0 Å². The molecule has 2 aliphatic heterocycles. The van der Waals surface area contributed by atoms with Gasteiger partial charge in [-0.2, -0.15) is 0 Å². The fourth-order valence-corrected chi connectivity index (χ4v) is 5.01. The van der Waals surface area contributed by atoms with Crippen LogP contribution in [-0.2, 0) is 4.74 Å². The summed E-state index contributed by atoms with van der Waals surface area (Å²) in [4.78, 5) is 6.84. The van der Waals surface area contributed by atoms with Crippen molar-refractivity contribution in [2.24, 2.45) is 0 Å². The van der Waals surface area contributed by atoms with E-state index < -0.39 is 0 Å². The maximum atomic E-state index is 5.73. The van der Waals surface area contributed by atoms with Crippen LogP contribution in [-0.4, -0.2) is 46.6 Å². The predicted molar refractivity (Wildman–Crippen MR) is 125 cm³/mol. The van der Waals surface area contributed by atoms with E-state index in [0.717, 1.165) is 39.4 Å². The first-order valence-electron chi connectivity index (χ1n) is 10.6. The number of aromatic nitrogens is 2. The number of nitrogens with one attached hydrogen (secondary N) is 1. The van der Waals surface area contributed by atoms with Crippen molar-refractivity contribution in [3.63, 3.8) is 0 Å². The molecule has 1 aromatic carbocycles. The lowest BCUT2D eigenvalue weighted by atomic mass is 9.97. The van der Waals surface area contributed by atoms with Gasteiger partial charge in [0.15, 0.2) is 16.6 Å². The fourth-order valence-electron chi connectivity index (χ4n) is 4.68. The average molecular weight is 451 g/mol. The molecule has 0 aliphatic carbocycles.